The topological polar surface area (TPSA) is 95.1 Å². The first kappa shape index (κ1) is 13.1. The molecule has 2 aromatic rings. The first-order chi connectivity index (χ1) is 9.39. The third-order valence-electron chi connectivity index (χ3n) is 4.19. The van der Waals surface area contributed by atoms with Gasteiger partial charge in [0.1, 0.15) is 4.70 Å². The number of carbonyl (C=O) groups is 1. The highest BCUT2D eigenvalue weighted by Gasteiger charge is 2.52. The Morgan fingerprint density at radius 3 is 3.00 bits per heavy atom. The van der Waals surface area contributed by atoms with Crippen molar-refractivity contribution in [3.8, 4) is 0 Å². The molecule has 2 heterocycles. The predicted molar refractivity (Wildman–Crippen MR) is 77.2 cm³/mol. The molecule has 3 rings (SSSR count). The van der Waals surface area contributed by atoms with E-state index in [2.05, 4.69) is 15.3 Å². The number of nitrogens with one attached hydrogen (secondary N) is 2. The highest BCUT2D eigenvalue weighted by atomic mass is 32.1. The zero-order valence-corrected chi connectivity index (χ0v) is 12.0. The number of rotatable bonds is 3. The van der Waals surface area contributed by atoms with Gasteiger partial charge in [-0.1, -0.05) is 13.8 Å². The van der Waals surface area contributed by atoms with Gasteiger partial charge in [0, 0.05) is 6.04 Å². The van der Waals surface area contributed by atoms with Crippen LogP contribution in [-0.4, -0.2) is 27.1 Å². The summed E-state index contributed by atoms with van der Waals surface area (Å²) >= 11 is 1.35. The summed E-state index contributed by atoms with van der Waals surface area (Å²) in [6, 6.07) is 1.79. The van der Waals surface area contributed by atoms with Gasteiger partial charge in [0.05, 0.1) is 11.4 Å². The molecule has 2 aromatic heterocycles. The summed E-state index contributed by atoms with van der Waals surface area (Å²) in [4.78, 5) is 30.0. The van der Waals surface area contributed by atoms with Gasteiger partial charge < -0.3 is 10.4 Å². The van der Waals surface area contributed by atoms with Crippen LogP contribution in [0, 0.1) is 11.3 Å². The minimum Gasteiger partial charge on any atom is -0.481 e. The van der Waals surface area contributed by atoms with E-state index in [1.54, 1.807) is 6.07 Å². The molecule has 0 unspecified atom stereocenters. The molecular formula is C13H15N3O3S. The molecule has 1 saturated carbocycles. The summed E-state index contributed by atoms with van der Waals surface area (Å²) in [5, 5.41) is 14.1. The van der Waals surface area contributed by atoms with Gasteiger partial charge in [-0.05, 0) is 23.3 Å². The maximum absolute atomic E-state index is 11.9. The van der Waals surface area contributed by atoms with Crippen molar-refractivity contribution in [1.82, 2.24) is 9.97 Å². The molecule has 7 heteroatoms. The maximum Gasteiger partial charge on any atom is 0.307 e. The van der Waals surface area contributed by atoms with Gasteiger partial charge in [-0.25, -0.2) is 4.98 Å². The van der Waals surface area contributed by atoms with Crippen LogP contribution in [-0.2, 0) is 4.79 Å². The lowest BCUT2D eigenvalue weighted by molar-refractivity contribution is -0.153. The van der Waals surface area contributed by atoms with Crippen molar-refractivity contribution in [3.05, 3.63) is 21.8 Å². The quantitative estimate of drug-likeness (QED) is 0.803. The summed E-state index contributed by atoms with van der Waals surface area (Å²) in [5.74, 6) is -0.734. The number of hydrogen-bond donors (Lipinski definition) is 3. The number of thiophene rings is 1. The number of H-pyrrole nitrogens is 1. The van der Waals surface area contributed by atoms with Crippen molar-refractivity contribution < 1.29 is 9.90 Å². The Bertz CT molecular complexity index is 734. The molecule has 0 saturated heterocycles. The number of aromatic amines is 1. The molecule has 0 bridgehead atoms. The maximum atomic E-state index is 11.9. The normalized spacial score (nSPS) is 24.3. The highest BCUT2D eigenvalue weighted by molar-refractivity contribution is 7.17. The van der Waals surface area contributed by atoms with E-state index in [0.717, 1.165) is 0 Å². The number of carboxylic acid groups (broad SMARTS) is 1. The van der Waals surface area contributed by atoms with Crippen molar-refractivity contribution in [2.24, 2.45) is 11.3 Å². The predicted octanol–water partition coefficient (Wildman–Crippen LogP) is 1.90. The zero-order chi connectivity index (χ0) is 14.5. The molecular weight excluding hydrogens is 278 g/mol. The van der Waals surface area contributed by atoms with Crippen molar-refractivity contribution in [1.29, 1.82) is 0 Å². The molecule has 0 radical (unpaired) electrons. The molecule has 20 heavy (non-hydrogen) atoms. The van der Waals surface area contributed by atoms with E-state index in [1.807, 2.05) is 19.2 Å². The van der Waals surface area contributed by atoms with Crippen LogP contribution >= 0.6 is 11.3 Å². The van der Waals surface area contributed by atoms with E-state index < -0.39 is 5.97 Å². The Morgan fingerprint density at radius 2 is 2.35 bits per heavy atom. The van der Waals surface area contributed by atoms with Crippen LogP contribution in [0.15, 0.2) is 16.2 Å². The average molecular weight is 293 g/mol. The molecule has 2 atom stereocenters. The van der Waals surface area contributed by atoms with Gasteiger partial charge in [0.2, 0.25) is 5.95 Å². The summed E-state index contributed by atoms with van der Waals surface area (Å²) in [7, 11) is 0. The number of fused-ring (bicyclic) bond motifs is 1. The molecule has 3 N–H and O–H groups in total. The number of aromatic nitrogens is 2. The Morgan fingerprint density at radius 1 is 1.60 bits per heavy atom. The van der Waals surface area contributed by atoms with Crippen molar-refractivity contribution in [2.45, 2.75) is 26.3 Å². The third kappa shape index (κ3) is 1.89. The first-order valence-electron chi connectivity index (χ1n) is 6.36. The smallest absolute Gasteiger partial charge is 0.307 e. The van der Waals surface area contributed by atoms with E-state index in [4.69, 9.17) is 5.11 Å². The second-order valence-electron chi connectivity index (χ2n) is 5.69. The fraction of sp³-hybridized carbons (Fsp3) is 0.462. The molecule has 0 amide bonds. The van der Waals surface area contributed by atoms with E-state index in [9.17, 15) is 9.59 Å². The Hall–Kier alpha value is -1.89. The van der Waals surface area contributed by atoms with Crippen LogP contribution in [0.5, 0.6) is 0 Å². The Balaban J connectivity index is 1.84. The monoisotopic (exact) mass is 293 g/mol. The Labute approximate surface area is 118 Å². The van der Waals surface area contributed by atoms with Crippen LogP contribution in [0.3, 0.4) is 0 Å². The Kier molecular flexibility index (Phi) is 2.82. The number of nitrogens with zero attached hydrogens (tertiary/aromatic N) is 1. The van der Waals surface area contributed by atoms with Gasteiger partial charge in [-0.2, -0.15) is 0 Å². The number of aliphatic carboxylic acids is 1. The lowest BCUT2D eigenvalue weighted by Gasteiger charge is -2.50. The fourth-order valence-electron chi connectivity index (χ4n) is 2.70. The molecule has 1 aliphatic carbocycles. The summed E-state index contributed by atoms with van der Waals surface area (Å²) in [6.07, 6.45) is 0.535. The fourth-order valence-corrected chi connectivity index (χ4v) is 3.42. The van der Waals surface area contributed by atoms with E-state index >= 15 is 0 Å². The highest BCUT2D eigenvalue weighted by Crippen LogP contribution is 2.47. The lowest BCUT2D eigenvalue weighted by Crippen LogP contribution is -2.56. The van der Waals surface area contributed by atoms with Crippen LogP contribution in [0.1, 0.15) is 20.3 Å². The molecule has 0 aliphatic heterocycles. The van der Waals surface area contributed by atoms with Gasteiger partial charge in [0.25, 0.3) is 5.56 Å². The average Bonchev–Trinajstić information content (AvgIpc) is 2.82. The molecule has 106 valence electrons. The van der Waals surface area contributed by atoms with Crippen LogP contribution in [0.4, 0.5) is 5.95 Å². The van der Waals surface area contributed by atoms with Gasteiger partial charge in [-0.3, -0.25) is 14.6 Å². The van der Waals surface area contributed by atoms with E-state index in [0.29, 0.717) is 22.6 Å². The largest absolute Gasteiger partial charge is 0.481 e. The zero-order valence-electron chi connectivity index (χ0n) is 11.1. The summed E-state index contributed by atoms with van der Waals surface area (Å²) in [6.45, 7) is 3.82. The van der Waals surface area contributed by atoms with E-state index in [-0.39, 0.29) is 22.9 Å². The van der Waals surface area contributed by atoms with Crippen molar-refractivity contribution in [2.75, 3.05) is 5.32 Å². The minimum atomic E-state index is -0.775. The van der Waals surface area contributed by atoms with Crippen LogP contribution in [0.2, 0.25) is 0 Å². The number of anilines is 1. The third-order valence-corrected chi connectivity index (χ3v) is 5.09. The summed E-state index contributed by atoms with van der Waals surface area (Å²) < 4.78 is 0.604. The van der Waals surface area contributed by atoms with Crippen molar-refractivity contribution in [3.63, 3.8) is 0 Å². The molecule has 0 aromatic carbocycles. The summed E-state index contributed by atoms with van der Waals surface area (Å²) in [5.41, 5.74) is 0.126. The van der Waals surface area contributed by atoms with Crippen LogP contribution in [0.25, 0.3) is 10.2 Å². The standard InChI is InChI=1S/C13H15N3O3S/c1-13(2)6(11(18)19)5-8(13)15-12-14-7-3-4-20-9(7)10(17)16-12/h3-4,6,8H,5H2,1-2H3,(H,18,19)(H2,14,15,16,17)/t6-,8-/m1/s1. The second-order valence-corrected chi connectivity index (χ2v) is 6.61. The van der Waals surface area contributed by atoms with Crippen molar-refractivity contribution >= 4 is 33.5 Å². The van der Waals surface area contributed by atoms with Gasteiger partial charge >= 0.3 is 5.97 Å². The van der Waals surface area contributed by atoms with Gasteiger partial charge in [0.15, 0.2) is 0 Å². The second kappa shape index (κ2) is 4.31. The molecule has 1 fully saturated rings. The number of carboxylic acids is 1. The number of hydrogen-bond acceptors (Lipinski definition) is 5. The first-order valence-corrected chi connectivity index (χ1v) is 7.24. The van der Waals surface area contributed by atoms with E-state index in [1.165, 1.54) is 11.3 Å². The molecule has 6 nitrogen and oxygen atoms in total. The van der Waals surface area contributed by atoms with Crippen LogP contribution < -0.4 is 10.9 Å². The van der Waals surface area contributed by atoms with Gasteiger partial charge in [-0.15, -0.1) is 11.3 Å². The lowest BCUT2D eigenvalue weighted by atomic mass is 9.58. The molecule has 1 aliphatic rings. The minimum absolute atomic E-state index is 0.0113. The SMILES string of the molecule is CC1(C)[C@@H](C(=O)O)C[C@H]1Nc1nc2ccsc2c(=O)[nH]1. The molecule has 0 spiro atoms.